The number of hydrogen-bond donors (Lipinski definition) is 2. The zero-order valence-electron chi connectivity index (χ0n) is 14.8. The first-order valence-electron chi connectivity index (χ1n) is 7.99. The minimum absolute atomic E-state index is 0.131. The van der Waals surface area contributed by atoms with Crippen molar-refractivity contribution in [3.05, 3.63) is 46.3 Å². The highest BCUT2D eigenvalue weighted by molar-refractivity contribution is 5.96. The van der Waals surface area contributed by atoms with Crippen molar-refractivity contribution in [2.24, 2.45) is 0 Å². The van der Waals surface area contributed by atoms with E-state index < -0.39 is 6.10 Å². The number of amides is 1. The van der Waals surface area contributed by atoms with Gasteiger partial charge in [0.25, 0.3) is 5.91 Å². The second-order valence-electron chi connectivity index (χ2n) is 5.82. The molecule has 1 unspecified atom stereocenters. The molecule has 0 saturated heterocycles. The van der Waals surface area contributed by atoms with E-state index >= 15 is 0 Å². The molecule has 0 saturated carbocycles. The Balaban J connectivity index is 2.42. The van der Waals surface area contributed by atoms with Crippen LogP contribution >= 0.6 is 0 Å². The fraction of sp³-hybridized carbons (Fsp3) is 0.389. The van der Waals surface area contributed by atoms with Crippen molar-refractivity contribution in [2.45, 2.75) is 40.7 Å². The van der Waals surface area contributed by atoms with Gasteiger partial charge in [0.05, 0.1) is 17.0 Å². The fourth-order valence-electron chi connectivity index (χ4n) is 2.52. The van der Waals surface area contributed by atoms with Crippen LogP contribution in [0.1, 0.15) is 52.8 Å². The van der Waals surface area contributed by atoms with Gasteiger partial charge in [0.15, 0.2) is 0 Å². The van der Waals surface area contributed by atoms with Crippen LogP contribution in [0.5, 0.6) is 5.75 Å². The van der Waals surface area contributed by atoms with Gasteiger partial charge < -0.3 is 15.8 Å². The van der Waals surface area contributed by atoms with Crippen molar-refractivity contribution in [1.29, 1.82) is 0 Å². The summed E-state index contributed by atoms with van der Waals surface area (Å²) in [6, 6.07) is 6.00. The second-order valence-corrected chi connectivity index (χ2v) is 5.82. The molecular weight excluding hydrogens is 304 g/mol. The molecule has 0 bridgehead atoms. The van der Waals surface area contributed by atoms with Gasteiger partial charge in [-0.2, -0.15) is 0 Å². The highest BCUT2D eigenvalue weighted by Gasteiger charge is 2.23. The molecule has 0 radical (unpaired) electrons. The van der Waals surface area contributed by atoms with Gasteiger partial charge in [-0.25, -0.2) is 9.97 Å². The highest BCUT2D eigenvalue weighted by atomic mass is 16.5. The van der Waals surface area contributed by atoms with E-state index in [4.69, 9.17) is 10.5 Å². The molecule has 1 heterocycles. The molecule has 128 valence electrons. The van der Waals surface area contributed by atoms with E-state index in [1.165, 1.54) is 0 Å². The average Bonchev–Trinajstić information content (AvgIpc) is 2.50. The Labute approximate surface area is 142 Å². The first-order chi connectivity index (χ1) is 11.3. The number of nitrogens with zero attached hydrogens (tertiary/aromatic N) is 2. The van der Waals surface area contributed by atoms with Crippen molar-refractivity contribution in [3.8, 4) is 5.75 Å². The Morgan fingerprint density at radius 3 is 2.67 bits per heavy atom. The van der Waals surface area contributed by atoms with E-state index in [1.807, 2.05) is 45.9 Å². The van der Waals surface area contributed by atoms with Gasteiger partial charge in [0.2, 0.25) is 5.95 Å². The molecular formula is C18H24N4O2. The van der Waals surface area contributed by atoms with Gasteiger partial charge in [-0.05, 0) is 51.8 Å². The van der Waals surface area contributed by atoms with E-state index in [9.17, 15) is 4.79 Å². The van der Waals surface area contributed by atoms with Crippen molar-refractivity contribution >= 4 is 11.9 Å². The number of carbonyl (C=O) groups is 1. The largest absolute Gasteiger partial charge is 0.484 e. The maximum Gasteiger partial charge on any atom is 0.255 e. The maximum absolute atomic E-state index is 12.4. The monoisotopic (exact) mass is 328 g/mol. The Morgan fingerprint density at radius 1 is 1.29 bits per heavy atom. The molecule has 1 atom stereocenters. The van der Waals surface area contributed by atoms with Crippen LogP contribution in [0.3, 0.4) is 0 Å². The van der Waals surface area contributed by atoms with Gasteiger partial charge in [0.1, 0.15) is 11.9 Å². The molecule has 0 aliphatic rings. The number of ether oxygens (including phenoxy) is 1. The number of rotatable bonds is 5. The van der Waals surface area contributed by atoms with E-state index in [2.05, 4.69) is 15.3 Å². The van der Waals surface area contributed by atoms with Gasteiger partial charge in [-0.1, -0.05) is 12.1 Å². The lowest BCUT2D eigenvalue weighted by atomic mass is 10.1. The molecule has 2 rings (SSSR count). The first-order valence-corrected chi connectivity index (χ1v) is 7.99. The van der Waals surface area contributed by atoms with E-state index in [1.54, 1.807) is 6.92 Å². The number of nitrogens with one attached hydrogen (secondary N) is 1. The summed E-state index contributed by atoms with van der Waals surface area (Å²) in [6.07, 6.45) is -0.438. The van der Waals surface area contributed by atoms with Gasteiger partial charge >= 0.3 is 0 Å². The summed E-state index contributed by atoms with van der Waals surface area (Å²) in [5.74, 6) is 0.674. The van der Waals surface area contributed by atoms with Crippen LogP contribution < -0.4 is 15.8 Å². The number of aryl methyl sites for hydroxylation is 3. The third-order valence-corrected chi connectivity index (χ3v) is 3.73. The van der Waals surface area contributed by atoms with E-state index in [0.717, 1.165) is 16.9 Å². The van der Waals surface area contributed by atoms with Crippen LogP contribution in [0.4, 0.5) is 5.95 Å². The molecule has 0 fully saturated rings. The number of nitrogen functional groups attached to an aromatic ring is 1. The summed E-state index contributed by atoms with van der Waals surface area (Å²) in [5.41, 5.74) is 9.35. The minimum Gasteiger partial charge on any atom is -0.484 e. The Morgan fingerprint density at radius 2 is 2.00 bits per heavy atom. The molecule has 6 nitrogen and oxygen atoms in total. The summed E-state index contributed by atoms with van der Waals surface area (Å²) in [4.78, 5) is 20.8. The van der Waals surface area contributed by atoms with Crippen LogP contribution in [-0.2, 0) is 0 Å². The van der Waals surface area contributed by atoms with Crippen molar-refractivity contribution in [2.75, 3.05) is 12.3 Å². The number of anilines is 1. The molecule has 0 aliphatic carbocycles. The van der Waals surface area contributed by atoms with Gasteiger partial charge in [0, 0.05) is 6.54 Å². The molecule has 1 aromatic carbocycles. The Kier molecular flexibility index (Phi) is 5.39. The lowest BCUT2D eigenvalue weighted by molar-refractivity contribution is 0.0949. The number of aromatic nitrogens is 2. The van der Waals surface area contributed by atoms with Gasteiger partial charge in [-0.15, -0.1) is 0 Å². The zero-order valence-corrected chi connectivity index (χ0v) is 14.8. The molecule has 2 aromatic rings. The third kappa shape index (κ3) is 3.82. The highest BCUT2D eigenvalue weighted by Crippen LogP contribution is 2.28. The number of nitrogens with two attached hydrogens (primary N) is 1. The predicted molar refractivity (Wildman–Crippen MR) is 94.1 cm³/mol. The molecule has 0 aliphatic heterocycles. The topological polar surface area (TPSA) is 90.1 Å². The molecule has 6 heteroatoms. The third-order valence-electron chi connectivity index (χ3n) is 3.73. The summed E-state index contributed by atoms with van der Waals surface area (Å²) >= 11 is 0. The number of hydrogen-bond acceptors (Lipinski definition) is 5. The molecule has 0 spiro atoms. The lowest BCUT2D eigenvalue weighted by Gasteiger charge is -2.20. The maximum atomic E-state index is 12.4. The Hall–Kier alpha value is -2.63. The first kappa shape index (κ1) is 17.7. The fourth-order valence-corrected chi connectivity index (χ4v) is 2.52. The molecule has 3 N–H and O–H groups in total. The smallest absolute Gasteiger partial charge is 0.255 e. The quantitative estimate of drug-likeness (QED) is 0.881. The van der Waals surface area contributed by atoms with Crippen LogP contribution in [-0.4, -0.2) is 22.4 Å². The standard InChI is InChI=1S/C18H24N4O2/c1-6-20-17(23)15-12(4)21-18(19)22-16(15)13(5)24-14-9-10(2)7-8-11(14)3/h7-9,13H,6H2,1-5H3,(H,20,23)(H2,19,21,22). The summed E-state index contributed by atoms with van der Waals surface area (Å²) in [7, 11) is 0. The summed E-state index contributed by atoms with van der Waals surface area (Å²) < 4.78 is 6.07. The molecule has 24 heavy (non-hydrogen) atoms. The van der Waals surface area contributed by atoms with E-state index in [0.29, 0.717) is 23.5 Å². The van der Waals surface area contributed by atoms with Crippen molar-refractivity contribution < 1.29 is 9.53 Å². The van der Waals surface area contributed by atoms with E-state index in [-0.39, 0.29) is 11.9 Å². The van der Waals surface area contributed by atoms with Gasteiger partial charge in [-0.3, -0.25) is 4.79 Å². The van der Waals surface area contributed by atoms with Crippen molar-refractivity contribution in [1.82, 2.24) is 15.3 Å². The Bertz CT molecular complexity index is 759. The normalized spacial score (nSPS) is 11.9. The lowest BCUT2D eigenvalue weighted by Crippen LogP contribution is -2.27. The average molecular weight is 328 g/mol. The number of benzene rings is 1. The zero-order chi connectivity index (χ0) is 17.9. The summed E-state index contributed by atoms with van der Waals surface area (Å²) in [5, 5.41) is 2.79. The SMILES string of the molecule is CCNC(=O)c1c(C)nc(N)nc1C(C)Oc1cc(C)ccc1C. The number of carbonyl (C=O) groups excluding carboxylic acids is 1. The van der Waals surface area contributed by atoms with Crippen LogP contribution in [0, 0.1) is 20.8 Å². The van der Waals surface area contributed by atoms with Crippen molar-refractivity contribution in [3.63, 3.8) is 0 Å². The molecule has 1 aromatic heterocycles. The summed E-state index contributed by atoms with van der Waals surface area (Å²) in [6.45, 7) is 9.97. The van der Waals surface area contributed by atoms with Crippen LogP contribution in [0.15, 0.2) is 18.2 Å². The van der Waals surface area contributed by atoms with Crippen LogP contribution in [0.25, 0.3) is 0 Å². The minimum atomic E-state index is -0.438. The predicted octanol–water partition coefficient (Wildman–Crippen LogP) is 2.87. The van der Waals surface area contributed by atoms with Crippen LogP contribution in [0.2, 0.25) is 0 Å². The molecule has 1 amide bonds. The second kappa shape index (κ2) is 7.29.